The molecule has 5 nitrogen and oxygen atoms in total. The van der Waals surface area contributed by atoms with E-state index in [1.54, 1.807) is 6.07 Å². The molecule has 0 aliphatic carbocycles. The minimum absolute atomic E-state index is 0. The zero-order valence-electron chi connectivity index (χ0n) is 11.7. The molecular weight excluding hydrogens is 401 g/mol. The predicted octanol–water partition coefficient (Wildman–Crippen LogP) is 4.04. The Hall–Kier alpha value is -1.89. The van der Waals surface area contributed by atoms with Gasteiger partial charge in [0, 0.05) is 20.4 Å². The molecule has 0 aliphatic heterocycles. The summed E-state index contributed by atoms with van der Waals surface area (Å²) in [4.78, 5) is 12.8. The van der Waals surface area contributed by atoms with E-state index in [4.69, 9.17) is 23.1 Å². The van der Waals surface area contributed by atoms with Gasteiger partial charge in [-0.2, -0.15) is 4.99 Å². The van der Waals surface area contributed by atoms with Crippen LogP contribution in [0.3, 0.4) is 0 Å². The van der Waals surface area contributed by atoms with Gasteiger partial charge in [-0.1, -0.05) is 45.7 Å². The fourth-order valence-electron chi connectivity index (χ4n) is 2.11. The first-order chi connectivity index (χ1) is 10.5. The van der Waals surface area contributed by atoms with E-state index < -0.39 is 0 Å². The number of aromatic nitrogens is 2. The molecule has 0 saturated heterocycles. The molecule has 0 fully saturated rings. The average Bonchev–Trinajstić information content (AvgIpc) is 2.47. The van der Waals surface area contributed by atoms with Gasteiger partial charge >= 0.3 is 0 Å². The molecule has 118 valence electrons. The van der Waals surface area contributed by atoms with E-state index in [1.807, 2.05) is 36.4 Å². The van der Waals surface area contributed by atoms with Gasteiger partial charge in [0.05, 0.1) is 11.2 Å². The van der Waals surface area contributed by atoms with Crippen LogP contribution in [0.15, 0.2) is 51.9 Å². The highest BCUT2D eigenvalue weighted by Gasteiger charge is 2.12. The monoisotopic (exact) mass is 411 g/mol. The van der Waals surface area contributed by atoms with Gasteiger partial charge in [0.1, 0.15) is 0 Å². The Morgan fingerprint density at radius 2 is 1.83 bits per heavy atom. The lowest BCUT2D eigenvalue weighted by Gasteiger charge is -2.09. The number of fused-ring (bicyclic) bond motifs is 1. The normalized spacial score (nSPS) is 10.2. The highest BCUT2D eigenvalue weighted by Crippen LogP contribution is 2.33. The third kappa shape index (κ3) is 3.72. The van der Waals surface area contributed by atoms with Crippen molar-refractivity contribution >= 4 is 62.7 Å². The zero-order chi connectivity index (χ0) is 15.7. The fourth-order valence-corrected chi connectivity index (χ4v) is 2.76. The lowest BCUT2D eigenvalue weighted by atomic mass is 10.1. The number of nitrogens with zero attached hydrogens (tertiary/aromatic N) is 3. The summed E-state index contributed by atoms with van der Waals surface area (Å²) in [6.45, 7) is 0. The van der Waals surface area contributed by atoms with E-state index in [2.05, 4.69) is 30.9 Å². The van der Waals surface area contributed by atoms with Crippen LogP contribution in [-0.2, 0) is 0 Å². The summed E-state index contributed by atoms with van der Waals surface area (Å²) in [6, 6.07) is 13.1. The van der Waals surface area contributed by atoms with E-state index in [0.717, 1.165) is 15.4 Å². The Morgan fingerprint density at radius 1 is 1.09 bits per heavy atom. The molecule has 1 aromatic heterocycles. The largest absolute Gasteiger partial charge is 0.370 e. The maximum Gasteiger partial charge on any atom is 0.253 e. The maximum absolute atomic E-state index is 6.11. The van der Waals surface area contributed by atoms with Crippen molar-refractivity contribution in [1.82, 2.24) is 9.97 Å². The minimum Gasteiger partial charge on any atom is -0.370 e. The van der Waals surface area contributed by atoms with Crippen LogP contribution in [0.1, 0.15) is 0 Å². The Labute approximate surface area is 152 Å². The van der Waals surface area contributed by atoms with Crippen molar-refractivity contribution in [3.05, 3.63) is 52.0 Å². The van der Waals surface area contributed by atoms with Gasteiger partial charge in [-0.15, -0.1) is 12.4 Å². The quantitative estimate of drug-likeness (QED) is 0.490. The van der Waals surface area contributed by atoms with Crippen LogP contribution in [0.25, 0.3) is 22.2 Å². The molecule has 23 heavy (non-hydrogen) atoms. The highest BCUT2D eigenvalue weighted by molar-refractivity contribution is 9.10. The fraction of sp³-hybridized carbons (Fsp3) is 0. The van der Waals surface area contributed by atoms with Crippen LogP contribution >= 0.6 is 39.9 Å². The standard InChI is InChI=1S/C15H11BrClN5.ClH/c16-11-4-2-1-3-9(11)13-10-7-8(17)5-6-12(10)20-15(21-13)22-14(18)19;/h1-7H,(H4,18,19,20,21,22);1H. The molecule has 0 bridgehead atoms. The molecule has 0 atom stereocenters. The molecule has 1 heterocycles. The van der Waals surface area contributed by atoms with Gasteiger partial charge in [0.25, 0.3) is 5.95 Å². The molecule has 0 radical (unpaired) electrons. The van der Waals surface area contributed by atoms with Crippen molar-refractivity contribution in [2.75, 3.05) is 0 Å². The van der Waals surface area contributed by atoms with Gasteiger partial charge in [0.15, 0.2) is 5.96 Å². The first-order valence-electron chi connectivity index (χ1n) is 6.36. The van der Waals surface area contributed by atoms with Crippen LogP contribution in [0.5, 0.6) is 0 Å². The first-order valence-corrected chi connectivity index (χ1v) is 7.53. The van der Waals surface area contributed by atoms with Gasteiger partial charge in [-0.25, -0.2) is 9.97 Å². The molecule has 0 amide bonds. The first kappa shape index (κ1) is 17.5. The minimum atomic E-state index is -0.0913. The summed E-state index contributed by atoms with van der Waals surface area (Å²) in [5.74, 6) is 0.118. The van der Waals surface area contributed by atoms with E-state index >= 15 is 0 Å². The van der Waals surface area contributed by atoms with E-state index in [9.17, 15) is 0 Å². The van der Waals surface area contributed by atoms with Gasteiger partial charge < -0.3 is 11.5 Å². The van der Waals surface area contributed by atoms with Crippen LogP contribution in [0.4, 0.5) is 5.95 Å². The third-order valence-electron chi connectivity index (χ3n) is 3.00. The third-order valence-corrected chi connectivity index (χ3v) is 3.93. The number of guanidine groups is 1. The molecule has 0 aliphatic rings. The van der Waals surface area contributed by atoms with Gasteiger partial charge in [0.2, 0.25) is 0 Å². The second kappa shape index (κ2) is 7.12. The van der Waals surface area contributed by atoms with Crippen molar-refractivity contribution in [3.63, 3.8) is 0 Å². The number of hydrogen-bond acceptors (Lipinski definition) is 3. The molecule has 8 heteroatoms. The molecular formula is C15H12BrCl2N5. The lowest BCUT2D eigenvalue weighted by Crippen LogP contribution is -2.22. The second-order valence-corrected chi connectivity index (χ2v) is 5.84. The van der Waals surface area contributed by atoms with Crippen molar-refractivity contribution in [1.29, 1.82) is 0 Å². The molecule has 4 N–H and O–H groups in total. The van der Waals surface area contributed by atoms with Crippen LogP contribution < -0.4 is 11.5 Å². The number of rotatable bonds is 2. The summed E-state index contributed by atoms with van der Waals surface area (Å²) in [5.41, 5.74) is 13.2. The molecule has 0 spiro atoms. The molecule has 3 rings (SSSR count). The van der Waals surface area contributed by atoms with Crippen LogP contribution in [0, 0.1) is 0 Å². The van der Waals surface area contributed by atoms with Crippen molar-refractivity contribution in [2.45, 2.75) is 0 Å². The Morgan fingerprint density at radius 3 is 2.52 bits per heavy atom. The number of halogens is 3. The topological polar surface area (TPSA) is 90.2 Å². The van der Waals surface area contributed by atoms with Crippen LogP contribution in [-0.4, -0.2) is 15.9 Å². The molecule has 2 aromatic carbocycles. The van der Waals surface area contributed by atoms with Gasteiger partial charge in [-0.05, 0) is 24.3 Å². The van der Waals surface area contributed by atoms with Crippen molar-refractivity contribution < 1.29 is 0 Å². The molecule has 3 aromatic rings. The summed E-state index contributed by atoms with van der Waals surface area (Å²) < 4.78 is 0.908. The Kier molecular flexibility index (Phi) is 5.41. The van der Waals surface area contributed by atoms with Gasteiger partial charge in [-0.3, -0.25) is 0 Å². The Balaban J connectivity index is 0.00000192. The molecule has 0 saturated carbocycles. The highest BCUT2D eigenvalue weighted by atomic mass is 79.9. The number of benzene rings is 2. The predicted molar refractivity (Wildman–Crippen MR) is 100 cm³/mol. The Bertz CT molecular complexity index is 894. The van der Waals surface area contributed by atoms with Crippen molar-refractivity contribution in [2.24, 2.45) is 16.5 Å². The van der Waals surface area contributed by atoms with E-state index in [0.29, 0.717) is 16.2 Å². The van der Waals surface area contributed by atoms with E-state index in [1.165, 1.54) is 0 Å². The average molecular weight is 413 g/mol. The number of nitrogens with two attached hydrogens (primary N) is 2. The maximum atomic E-state index is 6.11. The summed E-state index contributed by atoms with van der Waals surface area (Å²) in [7, 11) is 0. The SMILES string of the molecule is Cl.NC(N)=Nc1nc(-c2ccccc2Br)c2cc(Cl)ccc2n1. The van der Waals surface area contributed by atoms with E-state index in [-0.39, 0.29) is 24.3 Å². The summed E-state index contributed by atoms with van der Waals surface area (Å²) >= 11 is 9.64. The smallest absolute Gasteiger partial charge is 0.253 e. The molecule has 0 unspecified atom stereocenters. The zero-order valence-corrected chi connectivity index (χ0v) is 14.9. The summed E-state index contributed by atoms with van der Waals surface area (Å²) in [6.07, 6.45) is 0. The summed E-state index contributed by atoms with van der Waals surface area (Å²) in [5, 5.41) is 1.44. The second-order valence-electron chi connectivity index (χ2n) is 4.55. The lowest BCUT2D eigenvalue weighted by molar-refractivity contribution is 1.17. The number of aliphatic imine (C=N–C) groups is 1. The van der Waals surface area contributed by atoms with Crippen LogP contribution in [0.2, 0.25) is 5.02 Å². The number of hydrogen-bond donors (Lipinski definition) is 2. The van der Waals surface area contributed by atoms with Crippen molar-refractivity contribution in [3.8, 4) is 11.3 Å².